The summed E-state index contributed by atoms with van der Waals surface area (Å²) in [5.74, 6) is 0. The third-order valence-electron chi connectivity index (χ3n) is 3.31. The van der Waals surface area contributed by atoms with Gasteiger partial charge in [-0.1, -0.05) is 18.2 Å². The number of rotatable bonds is 3. The summed E-state index contributed by atoms with van der Waals surface area (Å²) in [5, 5.41) is 4.14. The monoisotopic (exact) mass is 243 g/mol. The number of nitrogens with zero attached hydrogens (tertiary/aromatic N) is 5. The predicted molar refractivity (Wildman–Crippen MR) is 70.3 cm³/mol. The van der Waals surface area contributed by atoms with E-state index < -0.39 is 0 Å². The van der Waals surface area contributed by atoms with E-state index in [1.165, 1.54) is 5.69 Å². The van der Waals surface area contributed by atoms with Gasteiger partial charge in [-0.25, -0.2) is 9.67 Å². The summed E-state index contributed by atoms with van der Waals surface area (Å²) in [7, 11) is 0. The molecule has 0 bridgehead atoms. The van der Waals surface area contributed by atoms with Crippen LogP contribution in [0.15, 0.2) is 43.0 Å². The molecule has 2 aromatic rings. The van der Waals surface area contributed by atoms with Crippen molar-refractivity contribution in [3.8, 4) is 0 Å². The van der Waals surface area contributed by atoms with Crippen molar-refractivity contribution in [2.24, 2.45) is 0 Å². The minimum absolute atomic E-state index is 0.836. The van der Waals surface area contributed by atoms with E-state index in [4.69, 9.17) is 0 Å². The Morgan fingerprint density at radius 2 is 1.78 bits per heavy atom. The lowest BCUT2D eigenvalue weighted by molar-refractivity contribution is 0.195. The number of hydrogen-bond acceptors (Lipinski definition) is 4. The highest BCUT2D eigenvalue weighted by atomic mass is 15.4. The van der Waals surface area contributed by atoms with Crippen molar-refractivity contribution in [2.45, 2.75) is 6.67 Å². The Labute approximate surface area is 107 Å². The molecule has 0 amide bonds. The Morgan fingerprint density at radius 1 is 1.00 bits per heavy atom. The van der Waals surface area contributed by atoms with Gasteiger partial charge in [0.05, 0.1) is 6.67 Å². The number of piperazine rings is 1. The van der Waals surface area contributed by atoms with Crippen LogP contribution in [0.1, 0.15) is 0 Å². The molecule has 1 aliphatic heterocycles. The summed E-state index contributed by atoms with van der Waals surface area (Å²) in [4.78, 5) is 8.79. The zero-order valence-corrected chi connectivity index (χ0v) is 10.3. The predicted octanol–water partition coefficient (Wildman–Crippen LogP) is 1.06. The molecule has 0 radical (unpaired) electrons. The van der Waals surface area contributed by atoms with Crippen molar-refractivity contribution in [1.82, 2.24) is 19.7 Å². The van der Waals surface area contributed by atoms with Gasteiger partial charge in [-0.2, -0.15) is 5.10 Å². The standard InChI is InChI=1S/C13H17N5/c1-2-4-13(5-3-1)17-8-6-16(7-9-17)12-18-11-14-10-15-18/h1-5,10-11H,6-9,12H2. The molecule has 2 heterocycles. The molecule has 0 N–H and O–H groups in total. The van der Waals surface area contributed by atoms with Crippen LogP contribution in [-0.2, 0) is 6.67 Å². The van der Waals surface area contributed by atoms with Gasteiger partial charge < -0.3 is 4.90 Å². The fraction of sp³-hybridized carbons (Fsp3) is 0.385. The van der Waals surface area contributed by atoms with Gasteiger partial charge in [0.1, 0.15) is 12.7 Å². The molecule has 94 valence electrons. The second-order valence-electron chi connectivity index (χ2n) is 4.52. The van der Waals surface area contributed by atoms with Crippen LogP contribution in [0.5, 0.6) is 0 Å². The highest BCUT2D eigenvalue weighted by Crippen LogP contribution is 2.15. The van der Waals surface area contributed by atoms with E-state index in [9.17, 15) is 0 Å². The molecular formula is C13H17N5. The normalized spacial score (nSPS) is 17.0. The van der Waals surface area contributed by atoms with E-state index in [0.29, 0.717) is 0 Å². The second-order valence-corrected chi connectivity index (χ2v) is 4.52. The molecule has 1 aromatic carbocycles. The molecule has 1 saturated heterocycles. The fourth-order valence-electron chi connectivity index (χ4n) is 2.30. The van der Waals surface area contributed by atoms with Crippen LogP contribution in [0.3, 0.4) is 0 Å². The Kier molecular flexibility index (Phi) is 3.23. The summed E-state index contributed by atoms with van der Waals surface area (Å²) < 4.78 is 1.87. The molecule has 0 unspecified atom stereocenters. The first-order valence-corrected chi connectivity index (χ1v) is 6.26. The lowest BCUT2D eigenvalue weighted by Crippen LogP contribution is -2.46. The first-order valence-electron chi connectivity index (χ1n) is 6.26. The Balaban J connectivity index is 1.55. The minimum atomic E-state index is 0.836. The van der Waals surface area contributed by atoms with E-state index in [2.05, 4.69) is 50.2 Å². The average molecular weight is 243 g/mol. The van der Waals surface area contributed by atoms with Gasteiger partial charge >= 0.3 is 0 Å². The van der Waals surface area contributed by atoms with Crippen molar-refractivity contribution in [3.63, 3.8) is 0 Å². The van der Waals surface area contributed by atoms with Gasteiger partial charge in [0.25, 0.3) is 0 Å². The molecular weight excluding hydrogens is 226 g/mol. The zero-order valence-electron chi connectivity index (χ0n) is 10.3. The van der Waals surface area contributed by atoms with Gasteiger partial charge in [-0.05, 0) is 12.1 Å². The van der Waals surface area contributed by atoms with E-state index in [-0.39, 0.29) is 0 Å². The average Bonchev–Trinajstić information content (AvgIpc) is 2.94. The van der Waals surface area contributed by atoms with Gasteiger partial charge in [0.2, 0.25) is 0 Å². The molecule has 1 aromatic heterocycles. The van der Waals surface area contributed by atoms with Crippen molar-refractivity contribution in [1.29, 1.82) is 0 Å². The number of benzene rings is 1. The molecule has 1 aliphatic rings. The molecule has 5 heteroatoms. The molecule has 0 spiro atoms. The first-order chi connectivity index (χ1) is 8.92. The Bertz CT molecular complexity index is 459. The molecule has 3 rings (SSSR count). The van der Waals surface area contributed by atoms with E-state index in [1.54, 1.807) is 12.7 Å². The SMILES string of the molecule is c1ccc(N2CCN(Cn3cncn3)CC2)cc1. The zero-order chi connectivity index (χ0) is 12.2. The number of aromatic nitrogens is 3. The van der Waals surface area contributed by atoms with Gasteiger partial charge in [-0.15, -0.1) is 0 Å². The van der Waals surface area contributed by atoms with Crippen molar-refractivity contribution in [2.75, 3.05) is 31.1 Å². The fourth-order valence-corrected chi connectivity index (χ4v) is 2.30. The van der Waals surface area contributed by atoms with Crippen LogP contribution in [0.2, 0.25) is 0 Å². The van der Waals surface area contributed by atoms with Crippen LogP contribution in [-0.4, -0.2) is 45.8 Å². The molecule has 0 saturated carbocycles. The maximum atomic E-state index is 4.14. The number of para-hydroxylation sites is 1. The van der Waals surface area contributed by atoms with Crippen LogP contribution in [0.4, 0.5) is 5.69 Å². The van der Waals surface area contributed by atoms with Crippen molar-refractivity contribution < 1.29 is 0 Å². The van der Waals surface area contributed by atoms with Crippen LogP contribution >= 0.6 is 0 Å². The summed E-state index contributed by atoms with van der Waals surface area (Å²) in [6.45, 7) is 5.10. The van der Waals surface area contributed by atoms with E-state index in [1.807, 2.05) is 4.68 Å². The van der Waals surface area contributed by atoms with E-state index >= 15 is 0 Å². The van der Waals surface area contributed by atoms with Crippen LogP contribution < -0.4 is 4.90 Å². The Morgan fingerprint density at radius 3 is 2.44 bits per heavy atom. The quantitative estimate of drug-likeness (QED) is 0.807. The molecule has 1 fully saturated rings. The van der Waals surface area contributed by atoms with Gasteiger partial charge in [-0.3, -0.25) is 4.90 Å². The van der Waals surface area contributed by atoms with Crippen molar-refractivity contribution in [3.05, 3.63) is 43.0 Å². The van der Waals surface area contributed by atoms with Crippen molar-refractivity contribution >= 4 is 5.69 Å². The molecule has 18 heavy (non-hydrogen) atoms. The molecule has 0 atom stereocenters. The summed E-state index contributed by atoms with van der Waals surface area (Å²) >= 11 is 0. The third kappa shape index (κ3) is 2.51. The maximum absolute atomic E-state index is 4.14. The Hall–Kier alpha value is -1.88. The van der Waals surface area contributed by atoms with Gasteiger partial charge in [0, 0.05) is 31.9 Å². The van der Waals surface area contributed by atoms with Crippen LogP contribution in [0.25, 0.3) is 0 Å². The van der Waals surface area contributed by atoms with Gasteiger partial charge in [0.15, 0.2) is 0 Å². The largest absolute Gasteiger partial charge is 0.369 e. The summed E-state index contributed by atoms with van der Waals surface area (Å²) in [6.07, 6.45) is 3.35. The molecule has 5 nitrogen and oxygen atoms in total. The van der Waals surface area contributed by atoms with Crippen LogP contribution in [0, 0.1) is 0 Å². The smallest absolute Gasteiger partial charge is 0.137 e. The highest BCUT2D eigenvalue weighted by molar-refractivity contribution is 5.46. The first kappa shape index (κ1) is 11.2. The highest BCUT2D eigenvalue weighted by Gasteiger charge is 2.17. The lowest BCUT2D eigenvalue weighted by atomic mass is 10.2. The summed E-state index contributed by atoms with van der Waals surface area (Å²) in [5.41, 5.74) is 1.32. The van der Waals surface area contributed by atoms with E-state index in [0.717, 1.165) is 32.8 Å². The number of anilines is 1. The number of hydrogen-bond donors (Lipinski definition) is 0. The lowest BCUT2D eigenvalue weighted by Gasteiger charge is -2.35. The second kappa shape index (κ2) is 5.18. The summed E-state index contributed by atoms with van der Waals surface area (Å²) in [6, 6.07) is 10.6. The molecule has 0 aliphatic carbocycles. The maximum Gasteiger partial charge on any atom is 0.137 e. The minimum Gasteiger partial charge on any atom is -0.369 e. The topological polar surface area (TPSA) is 37.2 Å². The third-order valence-corrected chi connectivity index (χ3v) is 3.31.